The molecule has 0 aliphatic rings. The highest BCUT2D eigenvalue weighted by molar-refractivity contribution is 7.89. The summed E-state index contributed by atoms with van der Waals surface area (Å²) in [6, 6.07) is 11.7. The maximum atomic E-state index is 13.0. The minimum Gasteiger partial charge on any atom is -0.352 e. The predicted molar refractivity (Wildman–Crippen MR) is 122 cm³/mol. The van der Waals surface area contributed by atoms with Gasteiger partial charge in [0, 0.05) is 31.1 Å². The van der Waals surface area contributed by atoms with Gasteiger partial charge in [-0.2, -0.15) is 9.57 Å². The molecule has 1 unspecified atom stereocenters. The molecule has 166 valence electrons. The summed E-state index contributed by atoms with van der Waals surface area (Å²) in [5, 5.41) is 12.2. The molecule has 0 saturated carbocycles. The molecule has 1 N–H and O–H groups in total. The molecule has 0 heterocycles. The van der Waals surface area contributed by atoms with E-state index in [0.717, 1.165) is 5.56 Å². The van der Waals surface area contributed by atoms with Gasteiger partial charge >= 0.3 is 0 Å². The van der Waals surface area contributed by atoms with Gasteiger partial charge in [0.25, 0.3) is 0 Å². The zero-order valence-electron chi connectivity index (χ0n) is 17.7. The molecule has 2 aromatic carbocycles. The van der Waals surface area contributed by atoms with E-state index in [0.29, 0.717) is 35.5 Å². The number of nitriles is 1. The lowest BCUT2D eigenvalue weighted by Gasteiger charge is -2.25. The van der Waals surface area contributed by atoms with E-state index >= 15 is 0 Å². The molecule has 0 saturated heterocycles. The number of nitrogens with one attached hydrogen (secondary N) is 1. The van der Waals surface area contributed by atoms with Gasteiger partial charge in [0.15, 0.2) is 0 Å². The average molecular weight is 482 g/mol. The van der Waals surface area contributed by atoms with E-state index in [1.54, 1.807) is 38.1 Å². The monoisotopic (exact) mass is 481 g/mol. The van der Waals surface area contributed by atoms with E-state index in [1.807, 2.05) is 6.07 Å². The van der Waals surface area contributed by atoms with E-state index in [1.165, 1.54) is 23.5 Å². The zero-order chi connectivity index (χ0) is 23.2. The largest absolute Gasteiger partial charge is 0.352 e. The molecule has 0 aromatic heterocycles. The number of benzene rings is 2. The summed E-state index contributed by atoms with van der Waals surface area (Å²) >= 11 is 12.2. The van der Waals surface area contributed by atoms with Crippen LogP contribution in [0.3, 0.4) is 0 Å². The summed E-state index contributed by atoms with van der Waals surface area (Å²) in [6.07, 6.45) is 1.34. The van der Waals surface area contributed by atoms with Gasteiger partial charge in [-0.3, -0.25) is 4.79 Å². The number of hydrogen-bond acceptors (Lipinski definition) is 4. The Bertz CT molecular complexity index is 1080. The maximum Gasteiger partial charge on any atom is 0.244 e. The Labute approximate surface area is 193 Å². The van der Waals surface area contributed by atoms with Crippen molar-refractivity contribution < 1.29 is 13.2 Å². The summed E-state index contributed by atoms with van der Waals surface area (Å²) < 4.78 is 27.2. The molecule has 0 aliphatic heterocycles. The fraction of sp³-hybridized carbons (Fsp3) is 0.364. The first-order valence-corrected chi connectivity index (χ1v) is 12.0. The molecule has 1 amide bonds. The van der Waals surface area contributed by atoms with Gasteiger partial charge in [-0.25, -0.2) is 8.42 Å². The van der Waals surface area contributed by atoms with Crippen molar-refractivity contribution in [3.8, 4) is 6.07 Å². The van der Waals surface area contributed by atoms with Crippen molar-refractivity contribution in [3.63, 3.8) is 0 Å². The van der Waals surface area contributed by atoms with Crippen LogP contribution < -0.4 is 5.32 Å². The summed E-state index contributed by atoms with van der Waals surface area (Å²) in [7, 11) is -2.29. The van der Waals surface area contributed by atoms with E-state index in [-0.39, 0.29) is 28.3 Å². The van der Waals surface area contributed by atoms with Crippen molar-refractivity contribution in [1.29, 1.82) is 5.26 Å². The van der Waals surface area contributed by atoms with Crippen LogP contribution in [0, 0.1) is 18.3 Å². The molecule has 0 spiro atoms. The number of amides is 1. The molecule has 2 aromatic rings. The Morgan fingerprint density at radius 3 is 2.45 bits per heavy atom. The second-order valence-corrected chi connectivity index (χ2v) is 10.1. The van der Waals surface area contributed by atoms with Crippen LogP contribution in [-0.4, -0.2) is 31.7 Å². The number of carbonyl (C=O) groups is 1. The molecule has 0 aliphatic carbocycles. The Morgan fingerprint density at radius 2 is 1.84 bits per heavy atom. The lowest BCUT2D eigenvalue weighted by molar-refractivity contribution is -0.121. The predicted octanol–water partition coefficient (Wildman–Crippen LogP) is 4.67. The normalized spacial score (nSPS) is 12.4. The van der Waals surface area contributed by atoms with Crippen LogP contribution in [0.15, 0.2) is 41.3 Å². The van der Waals surface area contributed by atoms with Gasteiger partial charge in [-0.05, 0) is 62.1 Å². The average Bonchev–Trinajstić information content (AvgIpc) is 2.75. The van der Waals surface area contributed by atoms with Crippen molar-refractivity contribution in [2.75, 3.05) is 7.05 Å². The molecule has 31 heavy (non-hydrogen) atoms. The second kappa shape index (κ2) is 11.0. The van der Waals surface area contributed by atoms with Crippen LogP contribution in [0.4, 0.5) is 0 Å². The van der Waals surface area contributed by atoms with Crippen LogP contribution in [0.5, 0.6) is 0 Å². The van der Waals surface area contributed by atoms with Gasteiger partial charge in [-0.1, -0.05) is 35.3 Å². The molecule has 9 heteroatoms. The first kappa shape index (κ1) is 25.2. The Kier molecular flexibility index (Phi) is 8.90. The lowest BCUT2D eigenvalue weighted by atomic mass is 10.1. The minimum atomic E-state index is -3.79. The van der Waals surface area contributed by atoms with Gasteiger partial charge in [0.1, 0.15) is 4.90 Å². The number of rotatable bonds is 9. The van der Waals surface area contributed by atoms with Gasteiger partial charge in [-0.15, -0.1) is 0 Å². The molecule has 0 bridgehead atoms. The summed E-state index contributed by atoms with van der Waals surface area (Å²) in [5.41, 5.74) is 1.99. The van der Waals surface area contributed by atoms with Gasteiger partial charge in [0.05, 0.1) is 16.7 Å². The maximum absolute atomic E-state index is 13.0. The SMILES string of the molecule is Cc1c(Cl)ccc(S(=O)(=O)N(C)C(C)CCCC(=O)NCc2ccc(C#N)cc2)c1Cl. The highest BCUT2D eigenvalue weighted by atomic mass is 35.5. The third-order valence-electron chi connectivity index (χ3n) is 5.16. The fourth-order valence-electron chi connectivity index (χ4n) is 2.95. The highest BCUT2D eigenvalue weighted by Gasteiger charge is 2.28. The molecule has 6 nitrogen and oxygen atoms in total. The number of halogens is 2. The van der Waals surface area contributed by atoms with Crippen LogP contribution >= 0.6 is 23.2 Å². The number of hydrogen-bond donors (Lipinski definition) is 1. The zero-order valence-corrected chi connectivity index (χ0v) is 20.0. The quantitative estimate of drug-likeness (QED) is 0.563. The van der Waals surface area contributed by atoms with E-state index in [9.17, 15) is 13.2 Å². The topological polar surface area (TPSA) is 90.3 Å². The van der Waals surface area contributed by atoms with Crippen LogP contribution in [-0.2, 0) is 21.4 Å². The number of sulfonamides is 1. The van der Waals surface area contributed by atoms with Gasteiger partial charge in [0.2, 0.25) is 15.9 Å². The fourth-order valence-corrected chi connectivity index (χ4v) is 5.13. The first-order valence-electron chi connectivity index (χ1n) is 9.76. The van der Waals surface area contributed by atoms with Crippen LogP contribution in [0.25, 0.3) is 0 Å². The van der Waals surface area contributed by atoms with Crippen molar-refractivity contribution in [3.05, 3.63) is 63.1 Å². The molecule has 2 rings (SSSR count). The van der Waals surface area contributed by atoms with Crippen LogP contribution in [0.1, 0.15) is 42.9 Å². The Balaban J connectivity index is 1.87. The second-order valence-electron chi connectivity index (χ2n) is 7.33. The molecule has 0 radical (unpaired) electrons. The third-order valence-corrected chi connectivity index (χ3v) is 8.18. The smallest absolute Gasteiger partial charge is 0.244 e. The highest BCUT2D eigenvalue weighted by Crippen LogP contribution is 2.32. The molecular formula is C22H25Cl2N3O3S. The summed E-state index contributed by atoms with van der Waals surface area (Å²) in [4.78, 5) is 12.1. The Morgan fingerprint density at radius 1 is 1.19 bits per heavy atom. The third kappa shape index (κ3) is 6.44. The summed E-state index contributed by atoms with van der Waals surface area (Å²) in [6.45, 7) is 3.84. The van der Waals surface area contributed by atoms with E-state index in [4.69, 9.17) is 28.5 Å². The van der Waals surface area contributed by atoms with Crippen LogP contribution in [0.2, 0.25) is 10.0 Å². The van der Waals surface area contributed by atoms with Crippen molar-refractivity contribution in [2.24, 2.45) is 0 Å². The summed E-state index contributed by atoms with van der Waals surface area (Å²) in [5.74, 6) is -0.113. The van der Waals surface area contributed by atoms with Crippen molar-refractivity contribution in [1.82, 2.24) is 9.62 Å². The lowest BCUT2D eigenvalue weighted by Crippen LogP contribution is -2.35. The first-order chi connectivity index (χ1) is 14.6. The van der Waals surface area contributed by atoms with E-state index in [2.05, 4.69) is 5.32 Å². The number of nitrogens with zero attached hydrogens (tertiary/aromatic N) is 2. The van der Waals surface area contributed by atoms with Gasteiger partial charge < -0.3 is 5.32 Å². The molecule has 1 atom stereocenters. The minimum absolute atomic E-state index is 0.0191. The molecular weight excluding hydrogens is 457 g/mol. The standard InChI is InChI=1S/C22H25Cl2N3O3S/c1-15(27(3)31(29,30)20-12-11-19(23)16(2)22(20)24)5-4-6-21(28)26-14-18-9-7-17(13-25)8-10-18/h7-12,15H,4-6,14H2,1-3H3,(H,26,28). The van der Waals surface area contributed by atoms with Crippen molar-refractivity contribution >= 4 is 39.1 Å². The van der Waals surface area contributed by atoms with Crippen molar-refractivity contribution in [2.45, 2.75) is 50.6 Å². The van der Waals surface area contributed by atoms with E-state index < -0.39 is 10.0 Å². The number of carbonyl (C=O) groups excluding carboxylic acids is 1. The molecule has 0 fully saturated rings. The Hall–Kier alpha value is -2.11.